The third kappa shape index (κ3) is 4.26. The van der Waals surface area contributed by atoms with E-state index in [1.165, 1.54) is 0 Å². The minimum atomic E-state index is -0.278. The number of nitriles is 1. The van der Waals surface area contributed by atoms with Crippen LogP contribution < -0.4 is 5.73 Å². The van der Waals surface area contributed by atoms with E-state index in [1.54, 1.807) is 0 Å². The zero-order valence-corrected chi connectivity index (χ0v) is 6.61. The highest BCUT2D eigenvalue weighted by Gasteiger charge is 2.07. The fourth-order valence-corrected chi connectivity index (χ4v) is 0.381. The maximum Gasteiger partial charge on any atom is 0.0953 e. The zero-order chi connectivity index (χ0) is 6.57. The average molecular weight is 149 g/mol. The molecular weight excluding hydrogens is 136 g/mol. The van der Waals surface area contributed by atoms with Gasteiger partial charge < -0.3 is 5.73 Å². The fourth-order valence-electron chi connectivity index (χ4n) is 0.381. The molecule has 2 nitrogen and oxygen atoms in total. The molecule has 2 atom stereocenters. The molecule has 0 amide bonds. The molecule has 1 unspecified atom stereocenters. The Bertz CT molecular complexity index is 97.7. The summed E-state index contributed by atoms with van der Waals surface area (Å²) < 4.78 is 0. The second-order valence-electron chi connectivity index (χ2n) is 2.04. The van der Waals surface area contributed by atoms with Gasteiger partial charge in [-0.3, -0.25) is 0 Å². The minimum Gasteiger partial charge on any atom is -0.316 e. The summed E-state index contributed by atoms with van der Waals surface area (Å²) in [6.07, 6.45) is 0.981. The molecule has 0 aliphatic rings. The molecule has 0 radical (unpaired) electrons. The van der Waals surface area contributed by atoms with Crippen molar-refractivity contribution in [2.45, 2.75) is 26.3 Å². The van der Waals surface area contributed by atoms with Crippen molar-refractivity contribution < 1.29 is 0 Å². The minimum absolute atomic E-state index is 0. The van der Waals surface area contributed by atoms with Crippen molar-refractivity contribution in [3.8, 4) is 6.07 Å². The zero-order valence-electron chi connectivity index (χ0n) is 5.79. The first-order chi connectivity index (χ1) is 3.72. The number of hydrogen-bond donors (Lipinski definition) is 1. The topological polar surface area (TPSA) is 49.8 Å². The summed E-state index contributed by atoms with van der Waals surface area (Å²) in [6, 6.07) is 1.72. The Morgan fingerprint density at radius 2 is 2.11 bits per heavy atom. The highest BCUT2D eigenvalue weighted by Crippen LogP contribution is 2.02. The molecule has 2 N–H and O–H groups in total. The molecule has 0 spiro atoms. The van der Waals surface area contributed by atoms with E-state index < -0.39 is 0 Å². The smallest absolute Gasteiger partial charge is 0.0953 e. The molecule has 0 saturated carbocycles. The SMILES string of the molecule is CCC(C)[C@H](N)C#N.Cl. The lowest BCUT2D eigenvalue weighted by Gasteiger charge is -2.08. The number of nitrogens with two attached hydrogens (primary N) is 1. The number of halogens is 1. The van der Waals surface area contributed by atoms with Crippen LogP contribution in [0.15, 0.2) is 0 Å². The molecule has 0 aromatic carbocycles. The molecule has 0 heterocycles. The van der Waals surface area contributed by atoms with Crippen LogP contribution >= 0.6 is 12.4 Å². The Balaban J connectivity index is 0. The predicted molar refractivity (Wildman–Crippen MR) is 40.3 cm³/mol. The van der Waals surface area contributed by atoms with Crippen LogP contribution in [0.3, 0.4) is 0 Å². The standard InChI is InChI=1S/C6H12N2.ClH/c1-3-5(2)6(8)4-7;/h5-6H,3,8H2,1-2H3;1H/t5?,6-;/m1./s1. The van der Waals surface area contributed by atoms with Gasteiger partial charge in [0, 0.05) is 0 Å². The molecule has 0 aliphatic heterocycles. The highest BCUT2D eigenvalue weighted by molar-refractivity contribution is 5.85. The van der Waals surface area contributed by atoms with Crippen LogP contribution in [0.2, 0.25) is 0 Å². The molecule has 54 valence electrons. The number of rotatable bonds is 2. The monoisotopic (exact) mass is 148 g/mol. The van der Waals surface area contributed by atoms with E-state index in [1.807, 2.05) is 19.9 Å². The second kappa shape index (κ2) is 5.87. The van der Waals surface area contributed by atoms with Crippen LogP contribution in [0.1, 0.15) is 20.3 Å². The summed E-state index contributed by atoms with van der Waals surface area (Å²) in [5.74, 6) is 0.333. The van der Waals surface area contributed by atoms with Crippen molar-refractivity contribution >= 4 is 12.4 Å². The highest BCUT2D eigenvalue weighted by atomic mass is 35.5. The van der Waals surface area contributed by atoms with E-state index >= 15 is 0 Å². The van der Waals surface area contributed by atoms with E-state index in [-0.39, 0.29) is 18.4 Å². The van der Waals surface area contributed by atoms with E-state index in [0.29, 0.717) is 5.92 Å². The van der Waals surface area contributed by atoms with Gasteiger partial charge in [-0.15, -0.1) is 12.4 Å². The molecule has 0 fully saturated rings. The maximum absolute atomic E-state index is 8.26. The second-order valence-corrected chi connectivity index (χ2v) is 2.04. The molecule has 0 saturated heterocycles. The summed E-state index contributed by atoms with van der Waals surface area (Å²) in [5.41, 5.74) is 5.37. The third-order valence-corrected chi connectivity index (χ3v) is 1.41. The van der Waals surface area contributed by atoms with Gasteiger partial charge in [0.25, 0.3) is 0 Å². The van der Waals surface area contributed by atoms with Crippen molar-refractivity contribution in [2.24, 2.45) is 11.7 Å². The van der Waals surface area contributed by atoms with Crippen LogP contribution in [-0.4, -0.2) is 6.04 Å². The molecule has 0 aromatic rings. The van der Waals surface area contributed by atoms with Crippen LogP contribution in [0.25, 0.3) is 0 Å². The van der Waals surface area contributed by atoms with Crippen LogP contribution in [0.5, 0.6) is 0 Å². The summed E-state index contributed by atoms with van der Waals surface area (Å²) in [6.45, 7) is 4.01. The summed E-state index contributed by atoms with van der Waals surface area (Å²) in [5, 5.41) is 8.26. The lowest BCUT2D eigenvalue weighted by Crippen LogP contribution is -2.25. The van der Waals surface area contributed by atoms with Crippen molar-refractivity contribution in [3.05, 3.63) is 0 Å². The Kier molecular flexibility index (Phi) is 7.52. The van der Waals surface area contributed by atoms with Crippen molar-refractivity contribution in [1.29, 1.82) is 5.26 Å². The van der Waals surface area contributed by atoms with Crippen molar-refractivity contribution in [1.82, 2.24) is 0 Å². The van der Waals surface area contributed by atoms with Gasteiger partial charge in [-0.2, -0.15) is 5.26 Å². The maximum atomic E-state index is 8.26. The predicted octanol–water partition coefficient (Wildman–Crippen LogP) is 1.31. The molecule has 0 rings (SSSR count). The molecule has 9 heavy (non-hydrogen) atoms. The molecule has 0 aliphatic carbocycles. The van der Waals surface area contributed by atoms with Gasteiger partial charge in [0.1, 0.15) is 0 Å². The van der Waals surface area contributed by atoms with E-state index in [0.717, 1.165) is 6.42 Å². The van der Waals surface area contributed by atoms with Gasteiger partial charge in [0.05, 0.1) is 12.1 Å². The van der Waals surface area contributed by atoms with E-state index in [4.69, 9.17) is 11.0 Å². The Morgan fingerprint density at radius 1 is 1.67 bits per heavy atom. The third-order valence-electron chi connectivity index (χ3n) is 1.41. The summed E-state index contributed by atoms with van der Waals surface area (Å²) >= 11 is 0. The van der Waals surface area contributed by atoms with Gasteiger partial charge in [0.15, 0.2) is 0 Å². The van der Waals surface area contributed by atoms with Gasteiger partial charge in [-0.25, -0.2) is 0 Å². The Morgan fingerprint density at radius 3 is 2.22 bits per heavy atom. The number of hydrogen-bond acceptors (Lipinski definition) is 2. The first kappa shape index (κ1) is 11.5. The van der Waals surface area contributed by atoms with Gasteiger partial charge >= 0.3 is 0 Å². The first-order valence-corrected chi connectivity index (χ1v) is 2.87. The lowest BCUT2D eigenvalue weighted by atomic mass is 10.0. The Hall–Kier alpha value is -0.260. The number of nitrogens with zero attached hydrogens (tertiary/aromatic N) is 1. The quantitative estimate of drug-likeness (QED) is 0.642. The van der Waals surface area contributed by atoms with Crippen LogP contribution in [-0.2, 0) is 0 Å². The van der Waals surface area contributed by atoms with Gasteiger partial charge in [0.2, 0.25) is 0 Å². The molecular formula is C6H13ClN2. The lowest BCUT2D eigenvalue weighted by molar-refractivity contribution is 0.510. The normalized spacial score (nSPS) is 14.9. The van der Waals surface area contributed by atoms with Crippen LogP contribution in [0.4, 0.5) is 0 Å². The summed E-state index contributed by atoms with van der Waals surface area (Å²) in [7, 11) is 0. The van der Waals surface area contributed by atoms with E-state index in [2.05, 4.69) is 0 Å². The van der Waals surface area contributed by atoms with Gasteiger partial charge in [-0.1, -0.05) is 20.3 Å². The Labute approximate surface area is 62.4 Å². The first-order valence-electron chi connectivity index (χ1n) is 2.87. The molecule has 3 heteroatoms. The summed E-state index contributed by atoms with van der Waals surface area (Å²) in [4.78, 5) is 0. The van der Waals surface area contributed by atoms with E-state index in [9.17, 15) is 0 Å². The molecule has 0 aromatic heterocycles. The largest absolute Gasteiger partial charge is 0.316 e. The molecule has 0 bridgehead atoms. The van der Waals surface area contributed by atoms with Crippen LogP contribution in [0, 0.1) is 17.2 Å². The van der Waals surface area contributed by atoms with Crippen molar-refractivity contribution in [2.75, 3.05) is 0 Å². The van der Waals surface area contributed by atoms with Gasteiger partial charge in [-0.05, 0) is 5.92 Å². The average Bonchev–Trinajstić information content (AvgIpc) is 1.84. The fraction of sp³-hybridized carbons (Fsp3) is 0.833. The van der Waals surface area contributed by atoms with Crippen molar-refractivity contribution in [3.63, 3.8) is 0 Å².